The van der Waals surface area contributed by atoms with Crippen molar-refractivity contribution in [3.63, 3.8) is 0 Å². The summed E-state index contributed by atoms with van der Waals surface area (Å²) in [5.74, 6) is -1.38. The maximum absolute atomic E-state index is 11.3. The van der Waals surface area contributed by atoms with E-state index in [1.165, 1.54) is 37.0 Å². The lowest BCUT2D eigenvalue weighted by atomic mass is 10.1. The van der Waals surface area contributed by atoms with Crippen LogP contribution in [0, 0.1) is 0 Å². The molecule has 0 amide bonds. The lowest BCUT2D eigenvalue weighted by molar-refractivity contribution is 0.0595. The summed E-state index contributed by atoms with van der Waals surface area (Å²) in [7, 11) is 2.35. The van der Waals surface area contributed by atoms with E-state index in [9.17, 15) is 14.4 Å². The predicted molar refractivity (Wildman–Crippen MR) is 283 cm³/mol. The lowest BCUT2D eigenvalue weighted by Gasteiger charge is -2.02. The number of methoxy groups -OCH3 is 1. The molecule has 15 nitrogen and oxygen atoms in total. The number of carboxylic acids is 1. The maximum atomic E-state index is 11.3. The van der Waals surface area contributed by atoms with Gasteiger partial charge in [-0.3, -0.25) is 14.8 Å². The Morgan fingerprint density at radius 3 is 1.34 bits per heavy atom. The molecule has 0 saturated heterocycles. The molecule has 9 aromatic rings. The number of esters is 1. The Labute approximate surface area is 406 Å². The van der Waals surface area contributed by atoms with Gasteiger partial charge in [0.1, 0.15) is 11.4 Å². The number of thiocarbonyl (C=S) groups is 1. The molecule has 5 heterocycles. The molecule has 9 N–H and O–H groups in total. The molecular formula is C51H60N8O7S2. The SMILES string of the molecule is C.C.C.CC(=O)c1nccc2ccccc12.CCO.CO.COC(=O)c1nccc2ccccc12.NC(N)=S.Nc1nc(-c2nccc3ccccc23)cs1.O=C(O)c1nccc2ccccc12. The van der Waals surface area contributed by atoms with E-state index < -0.39 is 11.9 Å². The average molecular weight is 961 g/mol. The van der Waals surface area contributed by atoms with Gasteiger partial charge in [0.25, 0.3) is 0 Å². The number of nitrogens with two attached hydrogens (primary N) is 3. The number of aromatic nitrogens is 5. The number of carbonyl (C=O) groups is 3. The van der Waals surface area contributed by atoms with Gasteiger partial charge in [0.05, 0.1) is 12.8 Å². The van der Waals surface area contributed by atoms with Crippen LogP contribution in [0.1, 0.15) is 67.6 Å². The summed E-state index contributed by atoms with van der Waals surface area (Å²) >= 11 is 5.53. The zero-order valence-corrected chi connectivity index (χ0v) is 37.5. The number of aliphatic hydroxyl groups is 2. The highest BCUT2D eigenvalue weighted by atomic mass is 32.1. The third kappa shape index (κ3) is 17.9. The molecule has 17 heteroatoms. The normalized spacial score (nSPS) is 9.21. The minimum absolute atomic E-state index is 0. The molecule has 68 heavy (non-hydrogen) atoms. The van der Waals surface area contributed by atoms with Crippen molar-refractivity contribution in [1.29, 1.82) is 0 Å². The number of hydrogen-bond acceptors (Lipinski definition) is 14. The minimum atomic E-state index is -0.989. The quantitative estimate of drug-likeness (QED) is 0.0544. The van der Waals surface area contributed by atoms with Crippen LogP contribution < -0.4 is 17.2 Å². The van der Waals surface area contributed by atoms with Crippen LogP contribution in [-0.2, 0) is 4.74 Å². The molecule has 0 spiro atoms. The van der Waals surface area contributed by atoms with Gasteiger partial charge in [-0.05, 0) is 65.0 Å². The van der Waals surface area contributed by atoms with E-state index in [1.54, 1.807) is 43.7 Å². The molecule has 358 valence electrons. The Hall–Kier alpha value is -7.83. The fourth-order valence-electron chi connectivity index (χ4n) is 5.79. The van der Waals surface area contributed by atoms with Crippen molar-refractivity contribution in [2.75, 3.05) is 26.6 Å². The number of nitrogen functional groups attached to an aromatic ring is 1. The average Bonchev–Trinajstić information content (AvgIpc) is 3.77. The second-order valence-corrected chi connectivity index (χ2v) is 14.0. The van der Waals surface area contributed by atoms with Gasteiger partial charge in [-0.1, -0.05) is 119 Å². The van der Waals surface area contributed by atoms with Crippen LogP contribution in [0.5, 0.6) is 0 Å². The first-order valence-electron chi connectivity index (χ1n) is 19.4. The predicted octanol–water partition coefficient (Wildman–Crippen LogP) is 10.0. The highest BCUT2D eigenvalue weighted by Gasteiger charge is 2.11. The third-order valence-corrected chi connectivity index (χ3v) is 9.05. The number of carboxylic acid groups (broad SMARTS) is 1. The van der Waals surface area contributed by atoms with Crippen LogP contribution in [0.3, 0.4) is 0 Å². The van der Waals surface area contributed by atoms with E-state index in [4.69, 9.17) is 21.1 Å². The number of hydrogen-bond donors (Lipinski definition) is 6. The second-order valence-electron chi connectivity index (χ2n) is 12.7. The standard InChI is InChI=1S/C12H9N3S.C11H9NO2.C11H9NO.C10H7NO2.C2H6O.CH4N2S.CH4O.3CH4/c13-12-15-10(7-16-12)11-9-4-2-1-3-8(9)5-6-14-11;1-14-11(13)10-9-5-3-2-4-8(9)6-7-12-10;1-8(13)11-10-5-3-2-4-9(10)6-7-12-11;12-10(13)9-8-4-2-1-3-7(8)5-6-11-9;1-2-3;2-1(3)4;1-2;;;/h1-7H,(H2,13,15);2-7H,1H3;2-7H,1H3;1-6H,(H,12,13);3H,2H2,1H3;(H4,2,3,4);2H,1H3;3*1H4. The monoisotopic (exact) mass is 960 g/mol. The van der Waals surface area contributed by atoms with E-state index in [2.05, 4.69) is 59.4 Å². The molecule has 0 unspecified atom stereocenters. The number of fused-ring (bicyclic) bond motifs is 4. The van der Waals surface area contributed by atoms with Crippen LogP contribution in [0.4, 0.5) is 5.13 Å². The lowest BCUT2D eigenvalue weighted by Crippen LogP contribution is -2.18. The van der Waals surface area contributed by atoms with Gasteiger partial charge in [0.15, 0.2) is 27.4 Å². The van der Waals surface area contributed by atoms with Gasteiger partial charge in [-0.25, -0.2) is 24.5 Å². The van der Waals surface area contributed by atoms with Gasteiger partial charge in [-0.15, -0.1) is 11.3 Å². The van der Waals surface area contributed by atoms with Crippen molar-refractivity contribution in [2.45, 2.75) is 36.1 Å². The number of aromatic carboxylic acids is 1. The Morgan fingerprint density at radius 2 is 0.956 bits per heavy atom. The maximum Gasteiger partial charge on any atom is 0.357 e. The minimum Gasteiger partial charge on any atom is -0.476 e. The summed E-state index contributed by atoms with van der Waals surface area (Å²) in [6, 6.07) is 38.3. The Bertz CT molecular complexity index is 2850. The van der Waals surface area contributed by atoms with Crippen LogP contribution in [0.2, 0.25) is 0 Å². The van der Waals surface area contributed by atoms with Crippen molar-refractivity contribution >= 4 is 94.6 Å². The van der Waals surface area contributed by atoms with Crippen molar-refractivity contribution in [3.05, 3.63) is 169 Å². The molecule has 4 aromatic carbocycles. The van der Waals surface area contributed by atoms with E-state index in [-0.39, 0.29) is 45.5 Å². The van der Waals surface area contributed by atoms with Crippen molar-refractivity contribution in [1.82, 2.24) is 24.9 Å². The number of anilines is 1. The molecule has 0 saturated carbocycles. The molecular weight excluding hydrogens is 901 g/mol. The summed E-state index contributed by atoms with van der Waals surface area (Å²) in [5, 5.41) is 33.5. The Morgan fingerprint density at radius 1 is 0.618 bits per heavy atom. The number of aliphatic hydroxyl groups excluding tert-OH is 2. The molecule has 0 atom stereocenters. The third-order valence-electron chi connectivity index (χ3n) is 8.37. The molecule has 0 bridgehead atoms. The summed E-state index contributed by atoms with van der Waals surface area (Å²) in [5.41, 5.74) is 17.7. The van der Waals surface area contributed by atoms with E-state index >= 15 is 0 Å². The molecule has 9 rings (SSSR count). The number of Topliss-reactive ketones (excluding diaryl/α,β-unsaturated/α-hetero) is 1. The van der Waals surface area contributed by atoms with Gasteiger partial charge in [0, 0.05) is 72.4 Å². The van der Waals surface area contributed by atoms with Gasteiger partial charge in [-0.2, -0.15) is 0 Å². The zero-order chi connectivity index (χ0) is 47.7. The number of rotatable bonds is 4. The van der Waals surface area contributed by atoms with Crippen molar-refractivity contribution in [3.8, 4) is 11.4 Å². The van der Waals surface area contributed by atoms with Gasteiger partial charge < -0.3 is 37.3 Å². The smallest absolute Gasteiger partial charge is 0.357 e. The van der Waals surface area contributed by atoms with Crippen LogP contribution in [0.25, 0.3) is 54.5 Å². The highest BCUT2D eigenvalue weighted by Crippen LogP contribution is 2.28. The molecule has 0 aliphatic rings. The molecule has 0 aliphatic heterocycles. The number of carbonyl (C=O) groups excluding carboxylic acids is 2. The Balaban J connectivity index is 0.000000821. The van der Waals surface area contributed by atoms with E-state index in [0.717, 1.165) is 50.8 Å². The number of ether oxygens (including phenoxy) is 1. The topological polar surface area (TPSA) is 264 Å². The summed E-state index contributed by atoms with van der Waals surface area (Å²) < 4.78 is 4.64. The van der Waals surface area contributed by atoms with Crippen LogP contribution >= 0.6 is 23.6 Å². The summed E-state index contributed by atoms with van der Waals surface area (Å²) in [6.07, 6.45) is 6.58. The Kier molecular flexibility index (Phi) is 28.3. The number of thiazole rings is 1. The fourth-order valence-corrected chi connectivity index (χ4v) is 6.34. The van der Waals surface area contributed by atoms with E-state index in [1.807, 2.05) is 102 Å². The molecule has 0 fully saturated rings. The van der Waals surface area contributed by atoms with Crippen LogP contribution in [-0.4, -0.2) is 83.9 Å². The molecule has 5 aromatic heterocycles. The first kappa shape index (κ1) is 60.2. The summed E-state index contributed by atoms with van der Waals surface area (Å²) in [6.45, 7) is 3.47. The zero-order valence-electron chi connectivity index (χ0n) is 35.9. The molecule has 0 radical (unpaired) electrons. The fraction of sp³-hybridized carbons (Fsp3) is 0.157. The van der Waals surface area contributed by atoms with E-state index in [0.29, 0.717) is 21.9 Å². The number of benzene rings is 4. The number of pyridine rings is 4. The first-order valence-corrected chi connectivity index (χ1v) is 20.7. The highest BCUT2D eigenvalue weighted by molar-refractivity contribution is 7.80. The van der Waals surface area contributed by atoms with Crippen LogP contribution in [0.15, 0.2) is 151 Å². The molecule has 0 aliphatic carbocycles. The second kappa shape index (κ2) is 31.9. The largest absolute Gasteiger partial charge is 0.476 e. The van der Waals surface area contributed by atoms with Gasteiger partial charge >= 0.3 is 11.9 Å². The van der Waals surface area contributed by atoms with Crippen molar-refractivity contribution < 1.29 is 34.4 Å². The van der Waals surface area contributed by atoms with Crippen molar-refractivity contribution in [2.24, 2.45) is 11.5 Å². The first-order chi connectivity index (χ1) is 31.4. The summed E-state index contributed by atoms with van der Waals surface area (Å²) in [4.78, 5) is 53.8. The number of nitrogens with zero attached hydrogens (tertiary/aromatic N) is 5. The van der Waals surface area contributed by atoms with Gasteiger partial charge in [0.2, 0.25) is 0 Å². The number of ketones is 1.